The minimum absolute atomic E-state index is 0.0239. The molecule has 2 atom stereocenters. The molecule has 6 heteroatoms. The van der Waals surface area contributed by atoms with Crippen LogP contribution in [0.1, 0.15) is 31.7 Å². The molecule has 114 valence electrons. The Morgan fingerprint density at radius 1 is 1.52 bits per heavy atom. The van der Waals surface area contributed by atoms with Gasteiger partial charge in [0.1, 0.15) is 0 Å². The van der Waals surface area contributed by atoms with Crippen molar-refractivity contribution in [3.05, 3.63) is 33.9 Å². The van der Waals surface area contributed by atoms with Crippen LogP contribution < -0.4 is 10.6 Å². The van der Waals surface area contributed by atoms with Gasteiger partial charge < -0.3 is 10.6 Å². The molecule has 2 N–H and O–H groups in total. The number of nitrogens with zero attached hydrogens (tertiary/aromatic N) is 1. The van der Waals surface area contributed by atoms with Crippen molar-refractivity contribution in [2.75, 3.05) is 11.9 Å². The van der Waals surface area contributed by atoms with Gasteiger partial charge in [0, 0.05) is 6.07 Å². The fraction of sp³-hybridized carbons (Fsp3) is 0.533. The van der Waals surface area contributed by atoms with Gasteiger partial charge in [0.15, 0.2) is 0 Å². The molecule has 0 radical (unpaired) electrons. The molecule has 1 amide bonds. The molecule has 0 spiro atoms. The summed E-state index contributed by atoms with van der Waals surface area (Å²) in [6, 6.07) is 4.50. The SMILES string of the molecule is CCC1CCNC(C(=O)Nc2cccc([N+](=O)[O-])c2C)C1. The van der Waals surface area contributed by atoms with Gasteiger partial charge in [-0.15, -0.1) is 0 Å². The summed E-state index contributed by atoms with van der Waals surface area (Å²) in [7, 11) is 0. The second kappa shape index (κ2) is 6.67. The number of carbonyl (C=O) groups is 1. The van der Waals surface area contributed by atoms with Crippen LogP contribution in [0.3, 0.4) is 0 Å². The monoisotopic (exact) mass is 291 g/mol. The van der Waals surface area contributed by atoms with E-state index in [0.29, 0.717) is 17.2 Å². The summed E-state index contributed by atoms with van der Waals surface area (Å²) in [4.78, 5) is 22.8. The lowest BCUT2D eigenvalue weighted by atomic mass is 9.90. The Morgan fingerprint density at radius 3 is 2.95 bits per heavy atom. The van der Waals surface area contributed by atoms with Gasteiger partial charge in [-0.2, -0.15) is 0 Å². The van der Waals surface area contributed by atoms with Gasteiger partial charge in [-0.1, -0.05) is 19.4 Å². The number of benzene rings is 1. The Morgan fingerprint density at radius 2 is 2.29 bits per heavy atom. The van der Waals surface area contributed by atoms with Crippen molar-refractivity contribution in [2.45, 2.75) is 39.2 Å². The maximum absolute atomic E-state index is 12.3. The summed E-state index contributed by atoms with van der Waals surface area (Å²) in [5.74, 6) is 0.449. The number of nitro benzene ring substituents is 1. The van der Waals surface area contributed by atoms with E-state index in [1.807, 2.05) is 0 Å². The summed E-state index contributed by atoms with van der Waals surface area (Å²) >= 11 is 0. The zero-order chi connectivity index (χ0) is 15.4. The molecular weight excluding hydrogens is 270 g/mol. The van der Waals surface area contributed by atoms with Crippen LogP contribution >= 0.6 is 0 Å². The minimum Gasteiger partial charge on any atom is -0.324 e. The van der Waals surface area contributed by atoms with E-state index in [-0.39, 0.29) is 17.6 Å². The minimum atomic E-state index is -0.434. The van der Waals surface area contributed by atoms with Crippen molar-refractivity contribution in [3.63, 3.8) is 0 Å². The number of hydrogen-bond donors (Lipinski definition) is 2. The van der Waals surface area contributed by atoms with Gasteiger partial charge >= 0.3 is 0 Å². The molecule has 1 aromatic carbocycles. The van der Waals surface area contributed by atoms with Crippen LogP contribution in [0.4, 0.5) is 11.4 Å². The molecule has 0 saturated carbocycles. The zero-order valence-electron chi connectivity index (χ0n) is 12.4. The Bertz CT molecular complexity index is 545. The van der Waals surface area contributed by atoms with E-state index in [1.54, 1.807) is 19.1 Å². The van der Waals surface area contributed by atoms with Gasteiger partial charge in [0.05, 0.1) is 22.2 Å². The van der Waals surface area contributed by atoms with E-state index in [2.05, 4.69) is 17.6 Å². The molecule has 2 unspecified atom stereocenters. The molecule has 0 bridgehead atoms. The summed E-state index contributed by atoms with van der Waals surface area (Å²) in [6.45, 7) is 4.62. The Hall–Kier alpha value is -1.95. The largest absolute Gasteiger partial charge is 0.324 e. The second-order valence-corrected chi connectivity index (χ2v) is 5.50. The molecule has 1 fully saturated rings. The topological polar surface area (TPSA) is 84.3 Å². The lowest BCUT2D eigenvalue weighted by molar-refractivity contribution is -0.385. The zero-order valence-corrected chi connectivity index (χ0v) is 12.4. The molecule has 0 aliphatic carbocycles. The molecule has 1 aromatic rings. The van der Waals surface area contributed by atoms with Gasteiger partial charge in [-0.3, -0.25) is 14.9 Å². The Labute approximate surface area is 124 Å². The third-order valence-corrected chi connectivity index (χ3v) is 4.17. The van der Waals surface area contributed by atoms with Gasteiger partial charge in [-0.05, 0) is 38.3 Å². The molecule has 6 nitrogen and oxygen atoms in total. The normalized spacial score (nSPS) is 21.8. The van der Waals surface area contributed by atoms with Gasteiger partial charge in [0.25, 0.3) is 5.69 Å². The van der Waals surface area contributed by atoms with E-state index in [4.69, 9.17) is 0 Å². The Balaban J connectivity index is 2.09. The van der Waals surface area contributed by atoms with E-state index in [9.17, 15) is 14.9 Å². The summed E-state index contributed by atoms with van der Waals surface area (Å²) in [5.41, 5.74) is 1.02. The summed E-state index contributed by atoms with van der Waals surface area (Å²) < 4.78 is 0. The molecule has 2 rings (SSSR count). The lowest BCUT2D eigenvalue weighted by Crippen LogP contribution is -2.46. The molecule has 0 aromatic heterocycles. The average Bonchev–Trinajstić information content (AvgIpc) is 2.49. The van der Waals surface area contributed by atoms with Crippen LogP contribution in [-0.2, 0) is 4.79 Å². The molecular formula is C15H21N3O3. The third kappa shape index (κ3) is 3.58. The van der Waals surface area contributed by atoms with Crippen molar-refractivity contribution in [1.82, 2.24) is 5.32 Å². The standard InChI is InChI=1S/C15H21N3O3/c1-3-11-7-8-16-13(9-11)15(19)17-12-5-4-6-14(10(12)2)18(20)21/h4-6,11,13,16H,3,7-9H2,1-2H3,(H,17,19). The maximum Gasteiger partial charge on any atom is 0.274 e. The quantitative estimate of drug-likeness (QED) is 0.659. The van der Waals surface area contributed by atoms with Crippen LogP contribution in [0, 0.1) is 23.0 Å². The molecule has 1 heterocycles. The number of nitrogens with one attached hydrogen (secondary N) is 2. The fourth-order valence-electron chi connectivity index (χ4n) is 2.74. The van der Waals surface area contributed by atoms with Crippen LogP contribution in [0.2, 0.25) is 0 Å². The molecule has 1 aliphatic rings. The Kier molecular flexibility index (Phi) is 4.90. The van der Waals surface area contributed by atoms with Crippen molar-refractivity contribution in [2.24, 2.45) is 5.92 Å². The number of piperidine rings is 1. The smallest absolute Gasteiger partial charge is 0.274 e. The number of nitro groups is 1. The highest BCUT2D eigenvalue weighted by Gasteiger charge is 2.26. The number of hydrogen-bond acceptors (Lipinski definition) is 4. The lowest BCUT2D eigenvalue weighted by Gasteiger charge is -2.29. The first-order chi connectivity index (χ1) is 10.0. The molecule has 1 saturated heterocycles. The van der Waals surface area contributed by atoms with Crippen molar-refractivity contribution in [1.29, 1.82) is 0 Å². The van der Waals surface area contributed by atoms with E-state index < -0.39 is 4.92 Å². The number of amides is 1. The van der Waals surface area contributed by atoms with Crippen LogP contribution in [0.25, 0.3) is 0 Å². The van der Waals surface area contributed by atoms with Crippen LogP contribution in [-0.4, -0.2) is 23.4 Å². The number of rotatable bonds is 4. The van der Waals surface area contributed by atoms with Gasteiger partial charge in [-0.25, -0.2) is 0 Å². The molecule has 21 heavy (non-hydrogen) atoms. The second-order valence-electron chi connectivity index (χ2n) is 5.50. The number of anilines is 1. The molecule has 1 aliphatic heterocycles. The number of carbonyl (C=O) groups excluding carboxylic acids is 1. The van der Waals surface area contributed by atoms with Crippen molar-refractivity contribution in [3.8, 4) is 0 Å². The third-order valence-electron chi connectivity index (χ3n) is 4.17. The first-order valence-electron chi connectivity index (χ1n) is 7.31. The van der Waals surface area contributed by atoms with Crippen LogP contribution in [0.5, 0.6) is 0 Å². The predicted octanol–water partition coefficient (Wildman–Crippen LogP) is 2.62. The first-order valence-corrected chi connectivity index (χ1v) is 7.31. The van der Waals surface area contributed by atoms with Gasteiger partial charge in [0.2, 0.25) is 5.91 Å². The van der Waals surface area contributed by atoms with Crippen LogP contribution in [0.15, 0.2) is 18.2 Å². The highest BCUT2D eigenvalue weighted by atomic mass is 16.6. The van der Waals surface area contributed by atoms with E-state index in [0.717, 1.165) is 25.8 Å². The highest BCUT2D eigenvalue weighted by molar-refractivity contribution is 5.96. The van der Waals surface area contributed by atoms with Crippen molar-refractivity contribution < 1.29 is 9.72 Å². The first kappa shape index (κ1) is 15.4. The average molecular weight is 291 g/mol. The maximum atomic E-state index is 12.3. The highest BCUT2D eigenvalue weighted by Crippen LogP contribution is 2.26. The van der Waals surface area contributed by atoms with Crippen molar-refractivity contribution >= 4 is 17.3 Å². The van der Waals surface area contributed by atoms with E-state index >= 15 is 0 Å². The fourth-order valence-corrected chi connectivity index (χ4v) is 2.74. The predicted molar refractivity (Wildman–Crippen MR) is 81.3 cm³/mol. The summed E-state index contributed by atoms with van der Waals surface area (Å²) in [5, 5.41) is 17.0. The summed E-state index contributed by atoms with van der Waals surface area (Å²) in [6.07, 6.45) is 2.98. The van der Waals surface area contributed by atoms with E-state index in [1.165, 1.54) is 6.07 Å².